The summed E-state index contributed by atoms with van der Waals surface area (Å²) in [6.07, 6.45) is 3.45. The lowest BCUT2D eigenvalue weighted by atomic mass is 10.1. The second-order valence-corrected chi connectivity index (χ2v) is 5.36. The molecule has 112 valence electrons. The summed E-state index contributed by atoms with van der Waals surface area (Å²) in [4.78, 5) is 16.1. The van der Waals surface area contributed by atoms with E-state index in [0.717, 1.165) is 11.3 Å². The Morgan fingerprint density at radius 3 is 2.43 bits per heavy atom. The number of aromatic nitrogens is 2. The first-order chi connectivity index (χ1) is 9.95. The van der Waals surface area contributed by atoms with Gasteiger partial charge in [-0.05, 0) is 38.5 Å². The van der Waals surface area contributed by atoms with Crippen LogP contribution in [-0.2, 0) is 7.05 Å². The SMILES string of the molecule is CC(C)Oc1ccc(C(C)NC(=O)c2cn(C)cn2)cc1. The van der Waals surface area contributed by atoms with Crippen LogP contribution in [0.3, 0.4) is 0 Å². The van der Waals surface area contributed by atoms with Crippen molar-refractivity contribution in [2.75, 3.05) is 0 Å². The molecule has 0 aliphatic heterocycles. The van der Waals surface area contributed by atoms with Crippen molar-refractivity contribution >= 4 is 5.91 Å². The molecule has 0 saturated heterocycles. The van der Waals surface area contributed by atoms with Gasteiger partial charge in [0.05, 0.1) is 18.5 Å². The summed E-state index contributed by atoms with van der Waals surface area (Å²) in [5, 5.41) is 2.93. The lowest BCUT2D eigenvalue weighted by Crippen LogP contribution is -2.26. The molecule has 0 aliphatic carbocycles. The van der Waals surface area contributed by atoms with Crippen LogP contribution >= 0.6 is 0 Å². The van der Waals surface area contributed by atoms with E-state index in [0.29, 0.717) is 5.69 Å². The van der Waals surface area contributed by atoms with E-state index in [1.165, 1.54) is 0 Å². The number of hydrogen-bond donors (Lipinski definition) is 1. The molecule has 1 N–H and O–H groups in total. The van der Waals surface area contributed by atoms with Crippen LogP contribution in [0.15, 0.2) is 36.8 Å². The number of carbonyl (C=O) groups excluding carboxylic acids is 1. The van der Waals surface area contributed by atoms with E-state index < -0.39 is 0 Å². The van der Waals surface area contributed by atoms with Gasteiger partial charge in [0.1, 0.15) is 11.4 Å². The summed E-state index contributed by atoms with van der Waals surface area (Å²) in [6, 6.07) is 7.66. The van der Waals surface area contributed by atoms with Gasteiger partial charge >= 0.3 is 0 Å². The van der Waals surface area contributed by atoms with Crippen molar-refractivity contribution < 1.29 is 9.53 Å². The minimum absolute atomic E-state index is 0.0902. The topological polar surface area (TPSA) is 56.1 Å². The highest BCUT2D eigenvalue weighted by molar-refractivity contribution is 5.92. The Hall–Kier alpha value is -2.30. The molecule has 0 radical (unpaired) electrons. The second kappa shape index (κ2) is 6.43. The highest BCUT2D eigenvalue weighted by Gasteiger charge is 2.13. The first-order valence-corrected chi connectivity index (χ1v) is 7.01. The Kier molecular flexibility index (Phi) is 4.62. The molecule has 1 atom stereocenters. The van der Waals surface area contributed by atoms with Gasteiger partial charge in [-0.25, -0.2) is 4.98 Å². The van der Waals surface area contributed by atoms with Crippen LogP contribution in [0.25, 0.3) is 0 Å². The van der Waals surface area contributed by atoms with Gasteiger partial charge in [0.25, 0.3) is 5.91 Å². The van der Waals surface area contributed by atoms with E-state index in [4.69, 9.17) is 4.74 Å². The van der Waals surface area contributed by atoms with Crippen LogP contribution in [0.1, 0.15) is 42.9 Å². The zero-order valence-electron chi connectivity index (χ0n) is 12.8. The molecule has 5 heteroatoms. The standard InChI is InChI=1S/C16H21N3O2/c1-11(2)21-14-7-5-13(6-8-14)12(3)18-16(20)15-9-19(4)10-17-15/h5-12H,1-4H3,(H,18,20). The molecule has 5 nitrogen and oxygen atoms in total. The number of benzene rings is 1. The Morgan fingerprint density at radius 2 is 1.90 bits per heavy atom. The summed E-state index contributed by atoms with van der Waals surface area (Å²) in [7, 11) is 1.83. The lowest BCUT2D eigenvalue weighted by molar-refractivity contribution is 0.0935. The fourth-order valence-electron chi connectivity index (χ4n) is 1.99. The van der Waals surface area contributed by atoms with Crippen molar-refractivity contribution in [2.24, 2.45) is 7.05 Å². The van der Waals surface area contributed by atoms with Gasteiger partial charge in [0, 0.05) is 13.2 Å². The van der Waals surface area contributed by atoms with Crippen molar-refractivity contribution in [1.29, 1.82) is 0 Å². The third-order valence-corrected chi connectivity index (χ3v) is 3.04. The van der Waals surface area contributed by atoms with Crippen LogP contribution in [0, 0.1) is 0 Å². The van der Waals surface area contributed by atoms with Crippen LogP contribution < -0.4 is 10.1 Å². The predicted molar refractivity (Wildman–Crippen MR) is 81.3 cm³/mol. The Labute approximate surface area is 125 Å². The molecule has 1 unspecified atom stereocenters. The summed E-state index contributed by atoms with van der Waals surface area (Å²) in [5.74, 6) is 0.655. The molecule has 2 aromatic rings. The van der Waals surface area contributed by atoms with E-state index in [1.807, 2.05) is 52.1 Å². The van der Waals surface area contributed by atoms with Gasteiger partial charge in [-0.2, -0.15) is 0 Å². The van der Waals surface area contributed by atoms with E-state index in [-0.39, 0.29) is 18.1 Å². The number of rotatable bonds is 5. The normalized spacial score (nSPS) is 12.2. The minimum Gasteiger partial charge on any atom is -0.491 e. The maximum atomic E-state index is 12.0. The van der Waals surface area contributed by atoms with Crippen LogP contribution in [0.5, 0.6) is 5.75 Å². The third kappa shape index (κ3) is 4.08. The molecular formula is C16H21N3O2. The number of aryl methyl sites for hydroxylation is 1. The number of nitrogens with zero attached hydrogens (tertiary/aromatic N) is 2. The fourth-order valence-corrected chi connectivity index (χ4v) is 1.99. The highest BCUT2D eigenvalue weighted by atomic mass is 16.5. The van der Waals surface area contributed by atoms with E-state index in [9.17, 15) is 4.79 Å². The molecule has 1 amide bonds. The predicted octanol–water partition coefficient (Wildman–Crippen LogP) is 2.70. The maximum Gasteiger partial charge on any atom is 0.271 e. The van der Waals surface area contributed by atoms with Gasteiger partial charge in [0.2, 0.25) is 0 Å². The molecule has 2 rings (SSSR count). The molecule has 0 saturated carbocycles. The largest absolute Gasteiger partial charge is 0.491 e. The maximum absolute atomic E-state index is 12.0. The summed E-state index contributed by atoms with van der Waals surface area (Å²) < 4.78 is 7.35. The first kappa shape index (κ1) is 15.1. The minimum atomic E-state index is -0.175. The number of amides is 1. The van der Waals surface area contributed by atoms with Crippen molar-refractivity contribution in [3.05, 3.63) is 48.0 Å². The van der Waals surface area contributed by atoms with Gasteiger partial charge in [-0.1, -0.05) is 12.1 Å². The fraction of sp³-hybridized carbons (Fsp3) is 0.375. The average molecular weight is 287 g/mol. The summed E-state index contributed by atoms with van der Waals surface area (Å²) in [5.41, 5.74) is 1.44. The van der Waals surface area contributed by atoms with E-state index in [2.05, 4.69) is 10.3 Å². The first-order valence-electron chi connectivity index (χ1n) is 7.01. The monoisotopic (exact) mass is 287 g/mol. The Bertz CT molecular complexity index is 602. The van der Waals surface area contributed by atoms with Gasteiger partial charge in [-0.3, -0.25) is 4.79 Å². The Morgan fingerprint density at radius 1 is 1.24 bits per heavy atom. The zero-order chi connectivity index (χ0) is 15.4. The molecule has 1 heterocycles. The average Bonchev–Trinajstić information content (AvgIpc) is 2.85. The number of hydrogen-bond acceptors (Lipinski definition) is 3. The van der Waals surface area contributed by atoms with Crippen molar-refractivity contribution in [1.82, 2.24) is 14.9 Å². The number of nitrogens with one attached hydrogen (secondary N) is 1. The van der Waals surface area contributed by atoms with Gasteiger partial charge in [-0.15, -0.1) is 0 Å². The molecule has 0 fully saturated rings. The summed E-state index contributed by atoms with van der Waals surface area (Å²) in [6.45, 7) is 5.92. The molecule has 0 spiro atoms. The smallest absolute Gasteiger partial charge is 0.271 e. The molecule has 1 aromatic carbocycles. The van der Waals surface area contributed by atoms with Crippen molar-refractivity contribution in [3.8, 4) is 5.75 Å². The molecule has 21 heavy (non-hydrogen) atoms. The summed E-state index contributed by atoms with van der Waals surface area (Å²) >= 11 is 0. The van der Waals surface area contributed by atoms with Gasteiger partial charge in [0.15, 0.2) is 0 Å². The van der Waals surface area contributed by atoms with Crippen molar-refractivity contribution in [2.45, 2.75) is 32.9 Å². The van der Waals surface area contributed by atoms with Crippen molar-refractivity contribution in [3.63, 3.8) is 0 Å². The van der Waals surface area contributed by atoms with E-state index >= 15 is 0 Å². The van der Waals surface area contributed by atoms with Crippen LogP contribution in [0.2, 0.25) is 0 Å². The number of ether oxygens (including phenoxy) is 1. The molecule has 0 bridgehead atoms. The quantitative estimate of drug-likeness (QED) is 0.920. The molecular weight excluding hydrogens is 266 g/mol. The van der Waals surface area contributed by atoms with E-state index in [1.54, 1.807) is 17.1 Å². The lowest BCUT2D eigenvalue weighted by Gasteiger charge is -2.15. The Balaban J connectivity index is 1.99. The third-order valence-electron chi connectivity index (χ3n) is 3.04. The second-order valence-electron chi connectivity index (χ2n) is 5.36. The number of carbonyl (C=O) groups is 1. The highest BCUT2D eigenvalue weighted by Crippen LogP contribution is 2.18. The van der Waals surface area contributed by atoms with Crippen LogP contribution in [-0.4, -0.2) is 21.6 Å². The van der Waals surface area contributed by atoms with Gasteiger partial charge < -0.3 is 14.6 Å². The van der Waals surface area contributed by atoms with Crippen LogP contribution in [0.4, 0.5) is 0 Å². The number of imidazole rings is 1. The molecule has 0 aliphatic rings. The molecule has 1 aromatic heterocycles. The zero-order valence-corrected chi connectivity index (χ0v) is 12.8.